The van der Waals surface area contributed by atoms with Crippen molar-refractivity contribution >= 4 is 101 Å². The highest BCUT2D eigenvalue weighted by Crippen LogP contribution is 2.57. The molecular formula is C72H36F12N6S2. The van der Waals surface area contributed by atoms with E-state index >= 15 is 52.7 Å². The van der Waals surface area contributed by atoms with Crippen molar-refractivity contribution in [3.05, 3.63) is 252 Å². The number of alkyl halides is 12. The summed E-state index contributed by atoms with van der Waals surface area (Å²) < 4.78 is 185. The van der Waals surface area contributed by atoms with Crippen LogP contribution in [0.25, 0.3) is 77.2 Å². The van der Waals surface area contributed by atoms with Crippen LogP contribution in [0.1, 0.15) is 33.4 Å². The number of para-hydroxylation sites is 4. The first-order valence-electron chi connectivity index (χ1n) is 28.1. The number of fused-ring (bicyclic) bond motifs is 10. The number of aromatic nitrogens is 2. The molecule has 0 spiro atoms. The Morgan fingerprint density at radius 2 is 0.598 bits per heavy atom. The molecule has 92 heavy (non-hydrogen) atoms. The molecular weight excluding hydrogens is 1240 g/mol. The molecule has 4 heterocycles. The van der Waals surface area contributed by atoms with Gasteiger partial charge >= 0.3 is 24.7 Å². The monoisotopic (exact) mass is 1280 g/mol. The van der Waals surface area contributed by atoms with Gasteiger partial charge in [0.25, 0.3) is 0 Å². The Morgan fingerprint density at radius 3 is 0.902 bits per heavy atom. The minimum Gasteiger partial charge on any atom is -0.308 e. The van der Waals surface area contributed by atoms with Crippen molar-refractivity contribution in [3.63, 3.8) is 0 Å². The maximum absolute atomic E-state index is 15.3. The van der Waals surface area contributed by atoms with E-state index in [1.54, 1.807) is 36.4 Å². The fourth-order valence-corrected chi connectivity index (χ4v) is 14.9. The molecule has 0 saturated carbocycles. The van der Waals surface area contributed by atoms with Gasteiger partial charge in [0.1, 0.15) is 12.1 Å². The highest BCUT2D eigenvalue weighted by atomic mass is 32.2. The van der Waals surface area contributed by atoms with Crippen molar-refractivity contribution in [3.8, 4) is 45.8 Å². The molecule has 20 heteroatoms. The number of nitrogens with zero attached hydrogens (tertiary/aromatic N) is 6. The van der Waals surface area contributed by atoms with E-state index in [9.17, 15) is 10.5 Å². The van der Waals surface area contributed by atoms with E-state index in [1.807, 2.05) is 119 Å². The summed E-state index contributed by atoms with van der Waals surface area (Å²) in [6.07, 6.45) is -20.3. The molecule has 0 bridgehead atoms. The first kappa shape index (κ1) is 57.9. The van der Waals surface area contributed by atoms with Crippen LogP contribution in [0.4, 0.5) is 86.8 Å². The minimum absolute atomic E-state index is 0.0107. The lowest BCUT2D eigenvalue weighted by atomic mass is 9.86. The van der Waals surface area contributed by atoms with Crippen molar-refractivity contribution in [1.29, 1.82) is 10.5 Å². The normalized spacial score (nSPS) is 13.3. The quantitative estimate of drug-likeness (QED) is 0.155. The Balaban J connectivity index is 1.17. The first-order valence-corrected chi connectivity index (χ1v) is 29.8. The molecule has 0 unspecified atom stereocenters. The zero-order chi connectivity index (χ0) is 63.9. The lowest BCUT2D eigenvalue weighted by Gasteiger charge is -2.34. The highest BCUT2D eigenvalue weighted by molar-refractivity contribution is 8.00. The number of rotatable bonds is 6. The maximum atomic E-state index is 15.3. The SMILES string of the molecule is N#Cc1c(-c2ccc3c(c2)Sc2ccccc2N3c2ccccc2)c(-n2c3cc(C(F)(F)F)ccc3c3ccc(C(F)(F)F)cc32)c(C#N)c(-c2ccc3c(c2)Sc2ccccc2N3c2ccccc2)c1-n1c2cc(C(F)(F)F)ccc2c2ccc(C(F)(F)F)cc21. The van der Waals surface area contributed by atoms with E-state index < -0.39 is 69.5 Å². The smallest absolute Gasteiger partial charge is 0.308 e. The van der Waals surface area contributed by atoms with E-state index in [1.165, 1.54) is 23.5 Å². The molecule has 0 fully saturated rings. The van der Waals surface area contributed by atoms with Gasteiger partial charge in [-0.2, -0.15) is 63.2 Å². The summed E-state index contributed by atoms with van der Waals surface area (Å²) in [6.45, 7) is 0. The van der Waals surface area contributed by atoms with Crippen molar-refractivity contribution in [2.45, 2.75) is 44.3 Å². The fourth-order valence-electron chi connectivity index (χ4n) is 12.7. The van der Waals surface area contributed by atoms with Gasteiger partial charge in [0.2, 0.25) is 0 Å². The van der Waals surface area contributed by atoms with Gasteiger partial charge in [-0.3, -0.25) is 0 Å². The largest absolute Gasteiger partial charge is 0.416 e. The summed E-state index contributed by atoms with van der Waals surface area (Å²) in [7, 11) is 0. The summed E-state index contributed by atoms with van der Waals surface area (Å²) in [4.78, 5) is 6.33. The van der Waals surface area contributed by atoms with E-state index in [2.05, 4.69) is 12.1 Å². The maximum Gasteiger partial charge on any atom is 0.416 e. The molecule has 15 rings (SSSR count). The van der Waals surface area contributed by atoms with Crippen LogP contribution in [0, 0.1) is 22.7 Å². The Bertz CT molecular complexity index is 4870. The van der Waals surface area contributed by atoms with Crippen LogP contribution in [-0.2, 0) is 24.7 Å². The molecule has 2 aliphatic heterocycles. The molecule has 6 nitrogen and oxygen atoms in total. The Morgan fingerprint density at radius 1 is 0.304 bits per heavy atom. The third kappa shape index (κ3) is 9.29. The zero-order valence-electron chi connectivity index (χ0n) is 46.8. The summed E-state index contributed by atoms with van der Waals surface area (Å²) in [5.74, 6) is 0. The number of hydrogen-bond acceptors (Lipinski definition) is 6. The van der Waals surface area contributed by atoms with Gasteiger partial charge in [-0.15, -0.1) is 0 Å². The molecule has 13 aromatic rings. The lowest BCUT2D eigenvalue weighted by Crippen LogP contribution is -2.15. The van der Waals surface area contributed by atoms with Gasteiger partial charge in [-0.05, 0) is 132 Å². The van der Waals surface area contributed by atoms with Crippen molar-refractivity contribution < 1.29 is 52.7 Å². The van der Waals surface area contributed by atoms with Crippen molar-refractivity contribution in [2.24, 2.45) is 0 Å². The summed E-state index contributed by atoms with van der Waals surface area (Å²) in [5.41, 5.74) is -4.93. The van der Waals surface area contributed by atoms with Gasteiger partial charge in [-0.1, -0.05) is 121 Å². The van der Waals surface area contributed by atoms with Crippen LogP contribution in [0.15, 0.2) is 238 Å². The first-order chi connectivity index (χ1) is 44.1. The average molecular weight is 1280 g/mol. The third-order valence-electron chi connectivity index (χ3n) is 16.6. The predicted octanol–water partition coefficient (Wildman–Crippen LogP) is 22.9. The molecule has 0 amide bonds. The average Bonchev–Trinajstić information content (AvgIpc) is 1.43. The lowest BCUT2D eigenvalue weighted by molar-refractivity contribution is -0.138. The van der Waals surface area contributed by atoms with Crippen LogP contribution >= 0.6 is 23.5 Å². The van der Waals surface area contributed by atoms with Crippen LogP contribution in [0.2, 0.25) is 0 Å². The topological polar surface area (TPSA) is 63.9 Å². The molecule has 11 aromatic carbocycles. The van der Waals surface area contributed by atoms with E-state index in [4.69, 9.17) is 0 Å². The second-order valence-electron chi connectivity index (χ2n) is 21.9. The summed E-state index contributed by atoms with van der Waals surface area (Å²) in [6, 6.07) is 57.8. The van der Waals surface area contributed by atoms with Crippen LogP contribution < -0.4 is 9.80 Å². The fraction of sp³-hybridized carbons (Fsp3) is 0.0556. The van der Waals surface area contributed by atoms with Crippen molar-refractivity contribution in [1.82, 2.24) is 9.13 Å². The van der Waals surface area contributed by atoms with Gasteiger partial charge in [-0.25, -0.2) is 0 Å². The van der Waals surface area contributed by atoms with E-state index in [-0.39, 0.29) is 65.9 Å². The molecule has 0 atom stereocenters. The Labute approximate surface area is 522 Å². The van der Waals surface area contributed by atoms with E-state index in [0.29, 0.717) is 32.5 Å². The van der Waals surface area contributed by atoms with Gasteiger partial charge in [0, 0.05) is 63.6 Å². The number of nitriles is 2. The minimum atomic E-state index is -5.06. The Hall–Kier alpha value is -10.5. The van der Waals surface area contributed by atoms with Gasteiger partial charge < -0.3 is 18.9 Å². The summed E-state index contributed by atoms with van der Waals surface area (Å²) in [5, 5.41) is 24.8. The van der Waals surface area contributed by atoms with Crippen LogP contribution in [0.3, 0.4) is 0 Å². The highest BCUT2D eigenvalue weighted by Gasteiger charge is 2.40. The van der Waals surface area contributed by atoms with Crippen LogP contribution in [-0.4, -0.2) is 9.13 Å². The molecule has 450 valence electrons. The van der Waals surface area contributed by atoms with Gasteiger partial charge in [0.05, 0.1) is 89.6 Å². The molecule has 2 aliphatic rings. The standard InChI is InChI=1S/C72H36F12N6S2/c73-69(74,75)41-21-25-47-48-26-22-42(70(76,77)78)34-58(48)89(57(47)33-41)67-52(38-86)66(40-20-30-56-64(32-40)92-62-18-10-8-16-54(62)88(56)46-13-5-2-6-14-46)68(90-59-35-43(71(79,80)81)23-27-49(59)50-28-24-44(36-60(50)90)72(82,83)84)51(37-85)65(67)39-19-29-55-63(31-39)91-61-17-9-7-15-53(61)87(55)45-11-3-1-4-12-45/h1-36H. The van der Waals surface area contributed by atoms with E-state index in [0.717, 1.165) is 103 Å². The molecule has 0 N–H and O–H groups in total. The molecule has 0 aliphatic carbocycles. The predicted molar refractivity (Wildman–Crippen MR) is 333 cm³/mol. The van der Waals surface area contributed by atoms with Gasteiger partial charge in [0.15, 0.2) is 0 Å². The second kappa shape index (κ2) is 21.0. The molecule has 0 saturated heterocycles. The van der Waals surface area contributed by atoms with Crippen LogP contribution in [0.5, 0.6) is 0 Å². The molecule has 2 aromatic heterocycles. The number of benzene rings is 11. The summed E-state index contributed by atoms with van der Waals surface area (Å²) >= 11 is 2.56. The third-order valence-corrected chi connectivity index (χ3v) is 18.8. The number of anilines is 6. The molecule has 0 radical (unpaired) electrons. The Kier molecular flexibility index (Phi) is 13.2. The number of halogens is 12. The number of hydrogen-bond donors (Lipinski definition) is 0. The van der Waals surface area contributed by atoms with Crippen molar-refractivity contribution in [2.75, 3.05) is 9.80 Å². The zero-order valence-corrected chi connectivity index (χ0v) is 48.5. The second-order valence-corrected chi connectivity index (χ2v) is 24.0.